The first-order chi connectivity index (χ1) is 8.74. The van der Waals surface area contributed by atoms with Crippen LogP contribution in [0.25, 0.3) is 0 Å². The van der Waals surface area contributed by atoms with Crippen LogP contribution in [0.15, 0.2) is 24.5 Å². The van der Waals surface area contributed by atoms with E-state index in [-0.39, 0.29) is 0 Å². The van der Waals surface area contributed by atoms with Crippen LogP contribution in [0.5, 0.6) is 0 Å². The summed E-state index contributed by atoms with van der Waals surface area (Å²) in [6, 6.07) is 3.47. The molecule has 0 saturated heterocycles. The minimum atomic E-state index is -0.876. The second kappa shape index (κ2) is 4.66. The van der Waals surface area contributed by atoms with Gasteiger partial charge in [0.15, 0.2) is 0 Å². The van der Waals surface area contributed by atoms with Crippen LogP contribution in [0.1, 0.15) is 30.2 Å². The molecule has 0 amide bonds. The fourth-order valence-corrected chi connectivity index (χ4v) is 2.08. The third-order valence-electron chi connectivity index (χ3n) is 3.06. The predicted octanol–water partition coefficient (Wildman–Crippen LogP) is 1.82. The van der Waals surface area contributed by atoms with Gasteiger partial charge in [0.25, 0.3) is 0 Å². The molecule has 0 aliphatic heterocycles. The van der Waals surface area contributed by atoms with Crippen molar-refractivity contribution in [2.24, 2.45) is 5.92 Å². The molecule has 0 radical (unpaired) electrons. The average molecular weight is 265 g/mol. The molecule has 2 aromatic heterocycles. The normalized spacial score (nSPS) is 16.8. The molecule has 1 N–H and O–H groups in total. The van der Waals surface area contributed by atoms with Crippen LogP contribution in [0.3, 0.4) is 0 Å². The Morgan fingerprint density at radius 2 is 2.33 bits per heavy atom. The predicted molar refractivity (Wildman–Crippen MR) is 66.1 cm³/mol. The van der Waals surface area contributed by atoms with E-state index in [9.17, 15) is 5.11 Å². The van der Waals surface area contributed by atoms with Crippen LogP contribution in [0.4, 0.5) is 0 Å². The highest BCUT2D eigenvalue weighted by atomic mass is 35.5. The van der Waals surface area contributed by atoms with E-state index in [0.29, 0.717) is 16.4 Å². The molecule has 1 saturated carbocycles. The highest BCUT2D eigenvalue weighted by Gasteiger charge is 2.23. The summed E-state index contributed by atoms with van der Waals surface area (Å²) >= 11 is 5.94. The van der Waals surface area contributed by atoms with Crippen molar-refractivity contribution >= 4 is 11.6 Å². The standard InChI is InChI=1S/C12H13ClN4O/c13-12-9(2-1-5-14-12)11(18)10-7-17(16-15-10)6-8-3-4-8/h1-2,5,7-8,11,18H,3-4,6H2. The molecule has 2 heterocycles. The summed E-state index contributed by atoms with van der Waals surface area (Å²) in [7, 11) is 0. The van der Waals surface area contributed by atoms with Gasteiger partial charge in [0.1, 0.15) is 17.0 Å². The van der Waals surface area contributed by atoms with Gasteiger partial charge in [-0.2, -0.15) is 0 Å². The quantitative estimate of drug-likeness (QED) is 0.856. The molecule has 5 nitrogen and oxygen atoms in total. The molecule has 6 heteroatoms. The number of rotatable bonds is 4. The van der Waals surface area contributed by atoms with E-state index in [0.717, 1.165) is 12.5 Å². The zero-order valence-corrected chi connectivity index (χ0v) is 10.5. The highest BCUT2D eigenvalue weighted by Crippen LogP contribution is 2.31. The summed E-state index contributed by atoms with van der Waals surface area (Å²) in [4.78, 5) is 3.94. The van der Waals surface area contributed by atoms with E-state index < -0.39 is 6.10 Å². The first-order valence-electron chi connectivity index (χ1n) is 5.92. The van der Waals surface area contributed by atoms with Gasteiger partial charge in [-0.25, -0.2) is 4.98 Å². The number of halogens is 1. The van der Waals surface area contributed by atoms with Crippen LogP contribution >= 0.6 is 11.6 Å². The van der Waals surface area contributed by atoms with Gasteiger partial charge >= 0.3 is 0 Å². The van der Waals surface area contributed by atoms with Crippen molar-refractivity contribution in [3.63, 3.8) is 0 Å². The number of aromatic nitrogens is 4. The van der Waals surface area contributed by atoms with Crippen molar-refractivity contribution in [1.29, 1.82) is 0 Å². The largest absolute Gasteiger partial charge is 0.382 e. The van der Waals surface area contributed by atoms with E-state index in [1.807, 2.05) is 0 Å². The third kappa shape index (κ3) is 2.37. The van der Waals surface area contributed by atoms with Gasteiger partial charge in [-0.05, 0) is 24.8 Å². The van der Waals surface area contributed by atoms with Crippen molar-refractivity contribution < 1.29 is 5.11 Å². The van der Waals surface area contributed by atoms with Crippen LogP contribution in [0, 0.1) is 5.92 Å². The van der Waals surface area contributed by atoms with E-state index in [2.05, 4.69) is 15.3 Å². The molecule has 1 aliphatic rings. The Bertz CT molecular complexity index is 553. The molecule has 1 unspecified atom stereocenters. The summed E-state index contributed by atoms with van der Waals surface area (Å²) in [6.07, 6.45) is 4.99. The third-order valence-corrected chi connectivity index (χ3v) is 3.38. The summed E-state index contributed by atoms with van der Waals surface area (Å²) < 4.78 is 1.78. The average Bonchev–Trinajstić information content (AvgIpc) is 3.05. The van der Waals surface area contributed by atoms with Crippen LogP contribution in [-0.4, -0.2) is 25.1 Å². The van der Waals surface area contributed by atoms with Crippen LogP contribution in [0.2, 0.25) is 5.15 Å². The van der Waals surface area contributed by atoms with Crippen molar-refractivity contribution in [3.8, 4) is 0 Å². The van der Waals surface area contributed by atoms with Crippen molar-refractivity contribution in [2.45, 2.75) is 25.5 Å². The lowest BCUT2D eigenvalue weighted by atomic mass is 10.1. The monoisotopic (exact) mass is 264 g/mol. The summed E-state index contributed by atoms with van der Waals surface area (Å²) in [5.74, 6) is 0.721. The van der Waals surface area contributed by atoms with Gasteiger partial charge in [0.05, 0.1) is 6.20 Å². The number of aliphatic hydroxyl groups is 1. The molecular weight excluding hydrogens is 252 g/mol. The SMILES string of the molecule is OC(c1cn(CC2CC2)nn1)c1cccnc1Cl. The molecular formula is C12H13ClN4O. The lowest BCUT2D eigenvalue weighted by Gasteiger charge is -2.08. The fraction of sp³-hybridized carbons (Fsp3) is 0.417. The van der Waals surface area contributed by atoms with Crippen LogP contribution < -0.4 is 0 Å². The maximum atomic E-state index is 10.2. The lowest BCUT2D eigenvalue weighted by Crippen LogP contribution is -2.02. The number of pyridine rings is 1. The molecule has 94 valence electrons. The molecule has 1 fully saturated rings. The summed E-state index contributed by atoms with van der Waals surface area (Å²) in [5, 5.41) is 18.5. The number of aliphatic hydroxyl groups excluding tert-OH is 1. The molecule has 3 rings (SSSR count). The maximum absolute atomic E-state index is 10.2. The van der Waals surface area contributed by atoms with E-state index in [1.54, 1.807) is 29.2 Å². The van der Waals surface area contributed by atoms with Crippen LogP contribution in [-0.2, 0) is 6.54 Å². The molecule has 0 spiro atoms. The summed E-state index contributed by atoms with van der Waals surface area (Å²) in [6.45, 7) is 0.875. The zero-order chi connectivity index (χ0) is 12.5. The Labute approximate surface area is 109 Å². The Morgan fingerprint density at radius 3 is 3.06 bits per heavy atom. The molecule has 1 atom stereocenters. The maximum Gasteiger partial charge on any atom is 0.135 e. The van der Waals surface area contributed by atoms with Crippen molar-refractivity contribution in [2.75, 3.05) is 0 Å². The van der Waals surface area contributed by atoms with E-state index in [1.165, 1.54) is 12.8 Å². The number of hydrogen-bond acceptors (Lipinski definition) is 4. The van der Waals surface area contributed by atoms with Crippen molar-refractivity contribution in [1.82, 2.24) is 20.0 Å². The first kappa shape index (κ1) is 11.6. The Morgan fingerprint density at radius 1 is 1.50 bits per heavy atom. The minimum Gasteiger partial charge on any atom is -0.382 e. The Hall–Kier alpha value is -1.46. The summed E-state index contributed by atoms with van der Waals surface area (Å²) in [5.41, 5.74) is 1.06. The second-order valence-electron chi connectivity index (χ2n) is 4.59. The van der Waals surface area contributed by atoms with Gasteiger partial charge < -0.3 is 5.11 Å². The molecule has 0 aromatic carbocycles. The first-order valence-corrected chi connectivity index (χ1v) is 6.30. The van der Waals surface area contributed by atoms with Gasteiger partial charge in [0.2, 0.25) is 0 Å². The topological polar surface area (TPSA) is 63.8 Å². The van der Waals surface area contributed by atoms with Crippen molar-refractivity contribution in [3.05, 3.63) is 40.9 Å². The van der Waals surface area contributed by atoms with E-state index in [4.69, 9.17) is 11.6 Å². The Kier molecular flexibility index (Phi) is 3.01. The Balaban J connectivity index is 1.80. The van der Waals surface area contributed by atoms with Gasteiger partial charge in [-0.15, -0.1) is 5.10 Å². The fourth-order valence-electron chi connectivity index (χ4n) is 1.85. The molecule has 1 aliphatic carbocycles. The second-order valence-corrected chi connectivity index (χ2v) is 4.95. The lowest BCUT2D eigenvalue weighted by molar-refractivity contribution is 0.215. The number of nitrogens with zero attached hydrogens (tertiary/aromatic N) is 4. The minimum absolute atomic E-state index is 0.293. The van der Waals surface area contributed by atoms with Gasteiger partial charge in [-0.1, -0.05) is 22.9 Å². The molecule has 0 bridgehead atoms. The highest BCUT2D eigenvalue weighted by molar-refractivity contribution is 6.30. The zero-order valence-electron chi connectivity index (χ0n) is 9.70. The van der Waals surface area contributed by atoms with Gasteiger partial charge in [0, 0.05) is 18.3 Å². The number of hydrogen-bond donors (Lipinski definition) is 1. The van der Waals surface area contributed by atoms with E-state index >= 15 is 0 Å². The van der Waals surface area contributed by atoms with Gasteiger partial charge in [-0.3, -0.25) is 4.68 Å². The molecule has 2 aromatic rings. The molecule has 18 heavy (non-hydrogen) atoms. The smallest absolute Gasteiger partial charge is 0.135 e.